The molecule has 6 rings (SSSR count). The van der Waals surface area contributed by atoms with Crippen LogP contribution < -0.4 is 4.74 Å². The first kappa shape index (κ1) is 23.8. The molecule has 8 heteroatoms. The number of nitrogens with one attached hydrogen (secondary N) is 1. The summed E-state index contributed by atoms with van der Waals surface area (Å²) >= 11 is 5.91. The average Bonchev–Trinajstić information content (AvgIpc) is 3.15. The van der Waals surface area contributed by atoms with Crippen molar-refractivity contribution >= 4 is 28.7 Å². The van der Waals surface area contributed by atoms with E-state index in [0.717, 1.165) is 64.1 Å². The highest BCUT2D eigenvalue weighted by atomic mass is 35.5. The predicted octanol–water partition coefficient (Wildman–Crippen LogP) is 6.87. The third-order valence-electron chi connectivity index (χ3n) is 7.32. The van der Waals surface area contributed by atoms with Crippen LogP contribution in [0.4, 0.5) is 9.18 Å². The summed E-state index contributed by atoms with van der Waals surface area (Å²) in [6, 6.07) is 17.0. The third-order valence-corrected chi connectivity index (χ3v) is 7.63. The molecule has 1 saturated heterocycles. The van der Waals surface area contributed by atoms with E-state index in [0.29, 0.717) is 26.2 Å². The van der Waals surface area contributed by atoms with E-state index in [1.807, 2.05) is 34.9 Å². The van der Waals surface area contributed by atoms with Gasteiger partial charge in [-0.15, -0.1) is 0 Å². The van der Waals surface area contributed by atoms with E-state index in [4.69, 9.17) is 16.3 Å². The molecule has 1 unspecified atom stereocenters. The van der Waals surface area contributed by atoms with Crippen LogP contribution in [0.1, 0.15) is 42.3 Å². The third kappa shape index (κ3) is 4.64. The first-order valence-electron chi connectivity index (χ1n) is 12.7. The molecule has 1 N–H and O–H groups in total. The number of ether oxygens (including phenoxy) is 1. The number of hydrogen-bond acceptors (Lipinski definition) is 3. The minimum Gasteiger partial charge on any atom is -0.491 e. The van der Waals surface area contributed by atoms with Crippen LogP contribution in [0.5, 0.6) is 5.75 Å². The summed E-state index contributed by atoms with van der Waals surface area (Å²) in [7, 11) is 0. The van der Waals surface area contributed by atoms with E-state index in [9.17, 15) is 9.18 Å². The summed E-state index contributed by atoms with van der Waals surface area (Å²) in [5.74, 6) is 1.23. The molecule has 1 fully saturated rings. The summed E-state index contributed by atoms with van der Waals surface area (Å²) in [6.45, 7) is 3.94. The smallest absolute Gasteiger partial charge is 0.320 e. The van der Waals surface area contributed by atoms with E-state index in [1.54, 1.807) is 6.07 Å². The number of H-pyrrole nitrogens is 1. The van der Waals surface area contributed by atoms with Gasteiger partial charge in [0.15, 0.2) is 0 Å². The number of hydrogen-bond donors (Lipinski definition) is 1. The summed E-state index contributed by atoms with van der Waals surface area (Å²) in [4.78, 5) is 25.3. The van der Waals surface area contributed by atoms with Crippen LogP contribution in [-0.2, 0) is 6.54 Å². The molecule has 0 saturated carbocycles. The van der Waals surface area contributed by atoms with Gasteiger partial charge in [0.2, 0.25) is 0 Å². The van der Waals surface area contributed by atoms with Crippen molar-refractivity contribution < 1.29 is 13.9 Å². The Balaban J connectivity index is 1.27. The van der Waals surface area contributed by atoms with Gasteiger partial charge in [0.05, 0.1) is 35.2 Å². The van der Waals surface area contributed by atoms with Crippen LogP contribution >= 0.6 is 11.6 Å². The fourth-order valence-corrected chi connectivity index (χ4v) is 5.58. The lowest BCUT2D eigenvalue weighted by atomic mass is 9.95. The Morgan fingerprint density at radius 1 is 1.08 bits per heavy atom. The Hall–Kier alpha value is -3.58. The van der Waals surface area contributed by atoms with Crippen molar-refractivity contribution in [3.63, 3.8) is 0 Å². The van der Waals surface area contributed by atoms with Gasteiger partial charge in [-0.1, -0.05) is 29.8 Å². The highest BCUT2D eigenvalue weighted by Gasteiger charge is 2.32. The van der Waals surface area contributed by atoms with Gasteiger partial charge in [0, 0.05) is 12.1 Å². The van der Waals surface area contributed by atoms with Gasteiger partial charge >= 0.3 is 6.03 Å². The number of carbonyl (C=O) groups is 1. The zero-order valence-electron chi connectivity index (χ0n) is 20.6. The quantitative estimate of drug-likeness (QED) is 0.315. The first-order chi connectivity index (χ1) is 18.0. The number of aromatic amines is 1. The lowest BCUT2D eigenvalue weighted by Gasteiger charge is -2.39. The molecule has 0 bridgehead atoms. The largest absolute Gasteiger partial charge is 0.491 e. The number of carbonyl (C=O) groups excluding carboxylic acids is 1. The number of nitrogens with zero attached hydrogens (tertiary/aromatic N) is 3. The molecule has 2 amide bonds. The van der Waals surface area contributed by atoms with Gasteiger partial charge in [-0.25, -0.2) is 14.2 Å². The molecule has 2 aliphatic rings. The molecule has 3 heterocycles. The van der Waals surface area contributed by atoms with Crippen LogP contribution in [0.15, 0.2) is 54.6 Å². The number of aryl methyl sites for hydroxylation is 1. The number of rotatable bonds is 2. The summed E-state index contributed by atoms with van der Waals surface area (Å²) in [5, 5.41) is 0.0938. The van der Waals surface area contributed by atoms with Crippen molar-refractivity contribution in [2.45, 2.75) is 38.8 Å². The van der Waals surface area contributed by atoms with Gasteiger partial charge in [-0.2, -0.15) is 0 Å². The Morgan fingerprint density at radius 3 is 2.78 bits per heavy atom. The second kappa shape index (κ2) is 9.71. The zero-order chi connectivity index (χ0) is 25.5. The van der Waals surface area contributed by atoms with E-state index in [2.05, 4.69) is 34.2 Å². The Labute approximate surface area is 220 Å². The topological polar surface area (TPSA) is 61.5 Å². The molecule has 0 radical (unpaired) electrons. The normalized spacial score (nSPS) is 17.9. The van der Waals surface area contributed by atoms with Crippen LogP contribution in [0.3, 0.4) is 0 Å². The van der Waals surface area contributed by atoms with E-state index in [1.165, 1.54) is 6.07 Å². The van der Waals surface area contributed by atoms with Crippen molar-refractivity contribution in [1.82, 2.24) is 19.8 Å². The molecular formula is C29H28ClFN4O2. The van der Waals surface area contributed by atoms with Gasteiger partial charge in [-0.3, -0.25) is 0 Å². The summed E-state index contributed by atoms with van der Waals surface area (Å²) in [6.07, 6.45) is 2.72. The van der Waals surface area contributed by atoms with Crippen LogP contribution in [-0.4, -0.2) is 45.5 Å². The van der Waals surface area contributed by atoms with Crippen molar-refractivity contribution in [3.8, 4) is 16.9 Å². The molecule has 0 spiro atoms. The molecule has 0 aliphatic carbocycles. The lowest BCUT2D eigenvalue weighted by molar-refractivity contribution is 0.110. The standard InChI is InChI=1S/C29H28ClFN4O2/c1-18-32-25-9-6-20(16-26(25)33-18)19-7-10-28-22(14-19)17-34(12-13-37-28)29(36)35-11-3-2-4-27(35)21-5-8-23(30)24(31)15-21/h5-10,14-16,27H,2-4,11-13,17H2,1H3,(H,32,33). The van der Waals surface area contributed by atoms with Crippen molar-refractivity contribution in [2.24, 2.45) is 0 Å². The highest BCUT2D eigenvalue weighted by Crippen LogP contribution is 2.35. The minimum absolute atomic E-state index is 0.0451. The van der Waals surface area contributed by atoms with Crippen molar-refractivity contribution in [3.05, 3.63) is 82.4 Å². The first-order valence-corrected chi connectivity index (χ1v) is 13.1. The highest BCUT2D eigenvalue weighted by molar-refractivity contribution is 6.30. The van der Waals surface area contributed by atoms with E-state index < -0.39 is 5.82 Å². The van der Waals surface area contributed by atoms with Gasteiger partial charge in [-0.05, 0) is 79.3 Å². The number of fused-ring (bicyclic) bond motifs is 2. The zero-order valence-corrected chi connectivity index (χ0v) is 21.4. The number of benzene rings is 3. The number of halogens is 2. The Bertz CT molecular complexity index is 1490. The van der Waals surface area contributed by atoms with Gasteiger partial charge in [0.1, 0.15) is 24.0 Å². The average molecular weight is 519 g/mol. The van der Waals surface area contributed by atoms with E-state index in [-0.39, 0.29) is 17.1 Å². The fourth-order valence-electron chi connectivity index (χ4n) is 5.46. The molecule has 190 valence electrons. The van der Waals surface area contributed by atoms with Gasteiger partial charge < -0.3 is 19.5 Å². The second-order valence-electron chi connectivity index (χ2n) is 9.81. The molecule has 6 nitrogen and oxygen atoms in total. The predicted molar refractivity (Wildman–Crippen MR) is 142 cm³/mol. The lowest BCUT2D eigenvalue weighted by Crippen LogP contribution is -2.47. The number of urea groups is 1. The SMILES string of the molecule is Cc1nc2ccc(-c3ccc4c(c3)CN(C(=O)N3CCCCC3c3ccc(Cl)c(F)c3)CCO4)cc2[nH]1. The fraction of sp³-hybridized carbons (Fsp3) is 0.310. The van der Waals surface area contributed by atoms with Crippen molar-refractivity contribution in [1.29, 1.82) is 0 Å². The second-order valence-corrected chi connectivity index (χ2v) is 10.2. The Morgan fingerprint density at radius 2 is 1.92 bits per heavy atom. The Kier molecular flexibility index (Phi) is 6.24. The minimum atomic E-state index is -0.453. The molecule has 4 aromatic rings. The summed E-state index contributed by atoms with van der Waals surface area (Å²) < 4.78 is 20.3. The molecule has 3 aromatic carbocycles. The molecule has 2 aliphatic heterocycles. The number of imidazole rings is 1. The molecular weight excluding hydrogens is 491 g/mol. The molecule has 1 atom stereocenters. The molecule has 37 heavy (non-hydrogen) atoms. The monoisotopic (exact) mass is 518 g/mol. The maximum Gasteiger partial charge on any atom is 0.320 e. The number of likely N-dealkylation sites (tertiary alicyclic amines) is 1. The number of amides is 2. The number of piperidine rings is 1. The van der Waals surface area contributed by atoms with Crippen LogP contribution in [0.25, 0.3) is 22.2 Å². The maximum atomic E-state index is 14.2. The van der Waals surface area contributed by atoms with E-state index >= 15 is 0 Å². The summed E-state index contributed by atoms with van der Waals surface area (Å²) in [5.41, 5.74) is 5.81. The maximum absolute atomic E-state index is 14.2. The van der Waals surface area contributed by atoms with Crippen molar-refractivity contribution in [2.75, 3.05) is 19.7 Å². The molecule has 1 aromatic heterocycles. The van der Waals surface area contributed by atoms with Crippen LogP contribution in [0, 0.1) is 12.7 Å². The number of aromatic nitrogens is 2. The van der Waals surface area contributed by atoms with Gasteiger partial charge in [0.25, 0.3) is 0 Å². The van der Waals surface area contributed by atoms with Crippen LogP contribution in [0.2, 0.25) is 5.02 Å².